The molecule has 1 aliphatic carbocycles. The van der Waals surface area contributed by atoms with E-state index in [1.54, 1.807) is 14.0 Å². The van der Waals surface area contributed by atoms with Crippen LogP contribution in [0.15, 0.2) is 54.6 Å². The number of rotatable bonds is 8. The average molecular weight is 463 g/mol. The predicted molar refractivity (Wildman–Crippen MR) is 126 cm³/mol. The molecule has 1 heterocycles. The Labute approximate surface area is 196 Å². The van der Waals surface area contributed by atoms with E-state index in [1.165, 1.54) is 15.6 Å². The Balaban J connectivity index is 1.41. The van der Waals surface area contributed by atoms with Crippen molar-refractivity contribution in [1.82, 2.24) is 14.7 Å². The molecular formula is C25H26N4O5. The molecule has 176 valence electrons. The van der Waals surface area contributed by atoms with E-state index < -0.39 is 18.0 Å². The molecule has 2 N–H and O–H groups in total. The number of aliphatic carboxylic acids is 1. The summed E-state index contributed by atoms with van der Waals surface area (Å²) in [4.78, 5) is 37.5. The Morgan fingerprint density at radius 3 is 2.29 bits per heavy atom. The second-order valence-corrected chi connectivity index (χ2v) is 8.02. The van der Waals surface area contributed by atoms with Crippen LogP contribution in [0.5, 0.6) is 0 Å². The molecule has 0 radical (unpaired) electrons. The molecule has 1 aromatic heterocycles. The standard InChI is InChI=1S/C25H26N4O5/c1-3-29(13-12-23(30)31)24(32)21-14-22(28(2)27-21)26-25(33)34-15-20-18-10-6-4-8-16(18)17-9-5-7-11-19(17)20/h4-11,14,20H,3,12-13,15H2,1-2H3,(H,26,33)(H,30,31). The van der Waals surface area contributed by atoms with Gasteiger partial charge in [-0.1, -0.05) is 48.5 Å². The fourth-order valence-electron chi connectivity index (χ4n) is 4.22. The van der Waals surface area contributed by atoms with Crippen LogP contribution in [-0.4, -0.2) is 57.5 Å². The minimum Gasteiger partial charge on any atom is -0.481 e. The Morgan fingerprint density at radius 2 is 1.71 bits per heavy atom. The highest BCUT2D eigenvalue weighted by atomic mass is 16.5. The van der Waals surface area contributed by atoms with Crippen molar-refractivity contribution in [2.75, 3.05) is 25.0 Å². The van der Waals surface area contributed by atoms with Gasteiger partial charge in [0, 0.05) is 32.1 Å². The van der Waals surface area contributed by atoms with Crippen molar-refractivity contribution >= 4 is 23.8 Å². The largest absolute Gasteiger partial charge is 0.481 e. The van der Waals surface area contributed by atoms with E-state index in [0.29, 0.717) is 12.4 Å². The van der Waals surface area contributed by atoms with Crippen LogP contribution >= 0.6 is 0 Å². The topological polar surface area (TPSA) is 114 Å². The number of aryl methyl sites for hydroxylation is 1. The summed E-state index contributed by atoms with van der Waals surface area (Å²) >= 11 is 0. The smallest absolute Gasteiger partial charge is 0.412 e. The van der Waals surface area contributed by atoms with Gasteiger partial charge in [0.15, 0.2) is 5.69 Å². The first-order valence-electron chi connectivity index (χ1n) is 11.1. The molecule has 4 rings (SSSR count). The quantitative estimate of drug-likeness (QED) is 0.527. The van der Waals surface area contributed by atoms with Gasteiger partial charge in [0.1, 0.15) is 12.4 Å². The summed E-state index contributed by atoms with van der Waals surface area (Å²) in [6.45, 7) is 2.36. The first-order valence-corrected chi connectivity index (χ1v) is 11.1. The number of carbonyl (C=O) groups excluding carboxylic acids is 2. The summed E-state index contributed by atoms with van der Waals surface area (Å²) in [6.07, 6.45) is -0.806. The maximum atomic E-state index is 12.7. The van der Waals surface area contributed by atoms with Crippen LogP contribution < -0.4 is 5.32 Å². The molecule has 0 saturated carbocycles. The van der Waals surface area contributed by atoms with Crippen molar-refractivity contribution in [3.63, 3.8) is 0 Å². The van der Waals surface area contributed by atoms with E-state index in [-0.39, 0.29) is 31.2 Å². The van der Waals surface area contributed by atoms with Crippen molar-refractivity contribution in [1.29, 1.82) is 0 Å². The number of carboxylic acid groups (broad SMARTS) is 1. The molecule has 0 unspecified atom stereocenters. The van der Waals surface area contributed by atoms with Crippen molar-refractivity contribution in [2.45, 2.75) is 19.3 Å². The maximum Gasteiger partial charge on any atom is 0.412 e. The minimum atomic E-state index is -0.982. The van der Waals surface area contributed by atoms with Gasteiger partial charge in [-0.25, -0.2) is 4.79 Å². The number of hydrogen-bond acceptors (Lipinski definition) is 5. The molecule has 9 nitrogen and oxygen atoms in total. The molecular weight excluding hydrogens is 436 g/mol. The molecule has 2 amide bonds. The highest BCUT2D eigenvalue weighted by Gasteiger charge is 2.29. The van der Waals surface area contributed by atoms with Crippen LogP contribution in [0.3, 0.4) is 0 Å². The number of fused-ring (bicyclic) bond motifs is 3. The molecule has 0 aliphatic heterocycles. The van der Waals surface area contributed by atoms with E-state index in [2.05, 4.69) is 22.5 Å². The molecule has 0 bridgehead atoms. The second kappa shape index (κ2) is 9.78. The van der Waals surface area contributed by atoms with Gasteiger partial charge >= 0.3 is 12.1 Å². The number of aromatic nitrogens is 2. The van der Waals surface area contributed by atoms with Gasteiger partial charge in [0.2, 0.25) is 0 Å². The number of carbonyl (C=O) groups is 3. The molecule has 0 saturated heterocycles. The minimum absolute atomic E-state index is 0.0610. The molecule has 2 aromatic carbocycles. The van der Waals surface area contributed by atoms with Gasteiger partial charge in [-0.2, -0.15) is 5.10 Å². The third-order valence-corrected chi connectivity index (χ3v) is 5.94. The fourth-order valence-corrected chi connectivity index (χ4v) is 4.22. The molecule has 0 atom stereocenters. The lowest BCUT2D eigenvalue weighted by molar-refractivity contribution is -0.137. The third kappa shape index (κ3) is 4.63. The number of hydrogen-bond donors (Lipinski definition) is 2. The monoisotopic (exact) mass is 462 g/mol. The van der Waals surface area contributed by atoms with Crippen molar-refractivity contribution in [2.24, 2.45) is 7.05 Å². The van der Waals surface area contributed by atoms with Crippen LogP contribution in [-0.2, 0) is 16.6 Å². The second-order valence-electron chi connectivity index (χ2n) is 8.02. The van der Waals surface area contributed by atoms with E-state index in [1.807, 2.05) is 36.4 Å². The zero-order chi connectivity index (χ0) is 24.2. The Morgan fingerprint density at radius 1 is 1.09 bits per heavy atom. The maximum absolute atomic E-state index is 12.7. The summed E-state index contributed by atoms with van der Waals surface area (Å²) < 4.78 is 6.92. The van der Waals surface area contributed by atoms with Crippen molar-refractivity contribution < 1.29 is 24.2 Å². The van der Waals surface area contributed by atoms with Gasteiger partial charge in [-0.3, -0.25) is 19.6 Å². The van der Waals surface area contributed by atoms with Crippen LogP contribution in [0, 0.1) is 0 Å². The van der Waals surface area contributed by atoms with Crippen molar-refractivity contribution in [3.05, 3.63) is 71.4 Å². The van der Waals surface area contributed by atoms with Crippen LogP contribution in [0.25, 0.3) is 11.1 Å². The Bertz CT molecular complexity index is 1190. The summed E-state index contributed by atoms with van der Waals surface area (Å²) in [5, 5.41) is 15.7. The zero-order valence-electron chi connectivity index (χ0n) is 19.0. The molecule has 0 spiro atoms. The highest BCUT2D eigenvalue weighted by Crippen LogP contribution is 2.44. The number of nitrogens with zero attached hydrogens (tertiary/aromatic N) is 3. The number of ether oxygens (including phenoxy) is 1. The van der Waals surface area contributed by atoms with Crippen LogP contribution in [0.1, 0.15) is 40.9 Å². The Hall–Kier alpha value is -4.14. The predicted octanol–water partition coefficient (Wildman–Crippen LogP) is 3.72. The summed E-state index contributed by atoms with van der Waals surface area (Å²) in [7, 11) is 1.60. The van der Waals surface area contributed by atoms with E-state index in [9.17, 15) is 14.4 Å². The van der Waals surface area contributed by atoms with Gasteiger partial charge in [0.05, 0.1) is 6.42 Å². The first-order chi connectivity index (χ1) is 16.4. The van der Waals surface area contributed by atoms with Gasteiger partial charge in [0.25, 0.3) is 5.91 Å². The van der Waals surface area contributed by atoms with Gasteiger partial charge in [-0.15, -0.1) is 0 Å². The molecule has 0 fully saturated rings. The van der Waals surface area contributed by atoms with E-state index in [0.717, 1.165) is 22.3 Å². The number of anilines is 1. The lowest BCUT2D eigenvalue weighted by Gasteiger charge is -2.18. The Kier molecular flexibility index (Phi) is 6.62. The molecule has 34 heavy (non-hydrogen) atoms. The highest BCUT2D eigenvalue weighted by molar-refractivity contribution is 5.94. The summed E-state index contributed by atoms with van der Waals surface area (Å²) in [5.74, 6) is -1.14. The number of benzene rings is 2. The first kappa shape index (κ1) is 23.0. The van der Waals surface area contributed by atoms with E-state index >= 15 is 0 Å². The summed E-state index contributed by atoms with van der Waals surface area (Å²) in [6, 6.07) is 17.6. The van der Waals surface area contributed by atoms with E-state index in [4.69, 9.17) is 9.84 Å². The SMILES string of the molecule is CCN(CCC(=O)O)C(=O)c1cc(NC(=O)OCC2c3ccccc3-c3ccccc32)n(C)n1. The number of nitrogens with one attached hydrogen (secondary N) is 1. The lowest BCUT2D eigenvalue weighted by atomic mass is 9.98. The van der Waals surface area contributed by atoms with Gasteiger partial charge in [-0.05, 0) is 29.2 Å². The van der Waals surface area contributed by atoms with Crippen LogP contribution in [0.2, 0.25) is 0 Å². The molecule has 3 aromatic rings. The third-order valence-electron chi connectivity index (χ3n) is 5.94. The van der Waals surface area contributed by atoms with Crippen LogP contribution in [0.4, 0.5) is 10.6 Å². The summed E-state index contributed by atoms with van der Waals surface area (Å²) in [5.41, 5.74) is 4.64. The number of carboxylic acids is 1. The number of amides is 2. The molecule has 9 heteroatoms. The average Bonchev–Trinajstić information content (AvgIpc) is 3.35. The fraction of sp³-hybridized carbons (Fsp3) is 0.280. The lowest BCUT2D eigenvalue weighted by Crippen LogP contribution is -2.33. The van der Waals surface area contributed by atoms with Crippen molar-refractivity contribution in [3.8, 4) is 11.1 Å². The van der Waals surface area contributed by atoms with Gasteiger partial charge < -0.3 is 14.7 Å². The molecule has 1 aliphatic rings. The zero-order valence-corrected chi connectivity index (χ0v) is 19.0. The normalized spacial score (nSPS) is 12.1.